The Morgan fingerprint density at radius 3 is 2.48 bits per heavy atom. The average molecular weight is 872 g/mol. The molecule has 5 aromatic rings. The zero-order valence-electron chi connectivity index (χ0n) is 35.1. The highest BCUT2D eigenvalue weighted by Crippen LogP contribution is 2.33. The van der Waals surface area contributed by atoms with Crippen LogP contribution in [0.3, 0.4) is 0 Å². The minimum atomic E-state index is -4.17. The number of anilines is 2. The number of nitrogens with one attached hydrogen (secondary N) is 2. The largest absolute Gasteiger partial charge is 0.458 e. The van der Waals surface area contributed by atoms with Gasteiger partial charge in [0.2, 0.25) is 10.0 Å². The highest BCUT2D eigenvalue weighted by atomic mass is 32.2. The molecule has 2 aliphatic rings. The number of benzene rings is 2. The quantitative estimate of drug-likeness (QED) is 0.0792. The maximum Gasteiger partial charge on any atom is 0.332 e. The number of thiazole rings is 1. The summed E-state index contributed by atoms with van der Waals surface area (Å²) in [5.74, 6) is -1.19. The number of rotatable bonds is 16. The fraction of sp³-hybridized carbons (Fsp3) is 0.455. The van der Waals surface area contributed by atoms with E-state index >= 15 is 0 Å². The molecule has 61 heavy (non-hydrogen) atoms. The van der Waals surface area contributed by atoms with Crippen LogP contribution in [0.25, 0.3) is 21.3 Å². The van der Waals surface area contributed by atoms with Crippen molar-refractivity contribution in [3.8, 4) is 11.1 Å². The Kier molecular flexibility index (Phi) is 13.8. The zero-order chi connectivity index (χ0) is 43.1. The van der Waals surface area contributed by atoms with Crippen molar-refractivity contribution in [3.05, 3.63) is 88.9 Å². The molecule has 15 nitrogen and oxygen atoms in total. The summed E-state index contributed by atoms with van der Waals surface area (Å²) in [7, 11) is -4.17. The van der Waals surface area contributed by atoms with E-state index in [0.29, 0.717) is 53.1 Å². The van der Waals surface area contributed by atoms with E-state index in [9.17, 15) is 22.8 Å². The van der Waals surface area contributed by atoms with Gasteiger partial charge in [-0.2, -0.15) is 5.10 Å². The van der Waals surface area contributed by atoms with Crippen molar-refractivity contribution in [2.45, 2.75) is 84.9 Å². The van der Waals surface area contributed by atoms with E-state index in [1.54, 1.807) is 39.1 Å². The van der Waals surface area contributed by atoms with E-state index in [1.165, 1.54) is 30.6 Å². The minimum absolute atomic E-state index is 0.0362. The number of esters is 1. The predicted octanol–water partition coefficient (Wildman–Crippen LogP) is 6.69. The lowest BCUT2D eigenvalue weighted by Gasteiger charge is -2.31. The summed E-state index contributed by atoms with van der Waals surface area (Å²) >= 11 is 1.41. The van der Waals surface area contributed by atoms with Crippen LogP contribution in [0.1, 0.15) is 90.5 Å². The molecule has 0 bridgehead atoms. The van der Waals surface area contributed by atoms with Crippen LogP contribution in [0.15, 0.2) is 60.8 Å². The van der Waals surface area contributed by atoms with E-state index in [4.69, 9.17) is 24.3 Å². The van der Waals surface area contributed by atoms with Crippen LogP contribution in [0.2, 0.25) is 0 Å². The molecule has 0 spiro atoms. The molecule has 1 fully saturated rings. The van der Waals surface area contributed by atoms with E-state index in [2.05, 4.69) is 15.0 Å². The predicted molar refractivity (Wildman–Crippen MR) is 234 cm³/mol. The number of fused-ring (bicyclic) bond motifs is 2. The normalized spacial score (nSPS) is 14.8. The maximum absolute atomic E-state index is 14.1. The molecule has 7 rings (SSSR count). The summed E-state index contributed by atoms with van der Waals surface area (Å²) in [5.41, 5.74) is 4.49. The zero-order valence-corrected chi connectivity index (χ0v) is 36.7. The van der Waals surface area contributed by atoms with Gasteiger partial charge in [0.1, 0.15) is 23.7 Å². The third kappa shape index (κ3) is 11.4. The minimum Gasteiger partial charge on any atom is -0.458 e. The van der Waals surface area contributed by atoms with Gasteiger partial charge < -0.3 is 19.1 Å². The lowest BCUT2D eigenvalue weighted by atomic mass is 9.89. The molecule has 324 valence electrons. The maximum atomic E-state index is 14.1. The van der Waals surface area contributed by atoms with Crippen molar-refractivity contribution >= 4 is 60.3 Å². The van der Waals surface area contributed by atoms with Crippen LogP contribution in [0, 0.1) is 12.8 Å². The number of ether oxygens (including phenoxy) is 3. The van der Waals surface area contributed by atoms with Gasteiger partial charge in [0.15, 0.2) is 5.13 Å². The SMILES string of the molecule is Cc1c(-c2ccc(N3CCc4cccc(C(=O)Nc5nc6ccccc6s5)c4C3)nc2C(=O)NS(=O)(=O)CCOCCOCC(=O)OC(C)(C)C)cnn1CC1CCCCC1. The van der Waals surface area contributed by atoms with Crippen molar-refractivity contribution in [1.82, 2.24) is 24.5 Å². The first-order valence-electron chi connectivity index (χ1n) is 20.7. The van der Waals surface area contributed by atoms with Crippen molar-refractivity contribution in [1.29, 1.82) is 0 Å². The fourth-order valence-electron chi connectivity index (χ4n) is 7.76. The summed E-state index contributed by atoms with van der Waals surface area (Å²) in [6, 6.07) is 17.0. The third-order valence-corrected chi connectivity index (χ3v) is 12.9. The summed E-state index contributed by atoms with van der Waals surface area (Å²) in [4.78, 5) is 51.1. The van der Waals surface area contributed by atoms with Crippen molar-refractivity contribution in [2.24, 2.45) is 5.92 Å². The Morgan fingerprint density at radius 1 is 0.902 bits per heavy atom. The fourth-order valence-corrected chi connectivity index (χ4v) is 9.44. The standard InChI is InChI=1S/C44H53N7O8S2/c1-29-34(25-45-51(29)26-30-11-6-5-7-12-30)32-17-18-38(47-40(32)42(54)49-61(55,56)24-23-57-21-22-58-28-39(52)59-44(2,3)4)50-20-19-31-13-10-14-33(35(31)27-50)41(53)48-43-46-36-15-8-9-16-37(36)60-43/h8-10,13-18,25,30H,5-7,11-12,19-24,26-28H2,1-4H3,(H,49,54)(H,46,48,53). The second-order valence-corrected chi connectivity index (χ2v) is 19.3. The molecular weight excluding hydrogens is 819 g/mol. The molecule has 1 aliphatic heterocycles. The number of aromatic nitrogens is 4. The topological polar surface area (TPSA) is 184 Å². The van der Waals surface area contributed by atoms with Crippen LogP contribution in [0.4, 0.5) is 10.9 Å². The van der Waals surface area contributed by atoms with Crippen LogP contribution < -0.4 is 14.9 Å². The van der Waals surface area contributed by atoms with Gasteiger partial charge in [0, 0.05) is 42.0 Å². The summed E-state index contributed by atoms with van der Waals surface area (Å²) in [5, 5.41) is 8.18. The molecular formula is C44H53N7O8S2. The highest BCUT2D eigenvalue weighted by molar-refractivity contribution is 7.90. The number of hydrogen-bond donors (Lipinski definition) is 2. The van der Waals surface area contributed by atoms with Crippen molar-refractivity contribution < 1.29 is 37.0 Å². The third-order valence-electron chi connectivity index (χ3n) is 10.8. The lowest BCUT2D eigenvalue weighted by molar-refractivity contribution is -0.160. The van der Waals surface area contributed by atoms with Gasteiger partial charge in [-0.3, -0.25) is 19.6 Å². The first-order valence-corrected chi connectivity index (χ1v) is 23.2. The molecule has 2 amide bonds. The van der Waals surface area contributed by atoms with E-state index in [1.807, 2.05) is 59.0 Å². The molecule has 0 saturated heterocycles. The van der Waals surface area contributed by atoms with E-state index in [-0.39, 0.29) is 38.0 Å². The molecule has 2 N–H and O–H groups in total. The highest BCUT2D eigenvalue weighted by Gasteiger charge is 2.28. The molecule has 0 unspecified atom stereocenters. The monoisotopic (exact) mass is 871 g/mol. The van der Waals surface area contributed by atoms with Gasteiger partial charge in [0.05, 0.1) is 42.0 Å². The molecule has 3 aromatic heterocycles. The number of sulfonamides is 1. The van der Waals surface area contributed by atoms with Crippen LogP contribution >= 0.6 is 11.3 Å². The van der Waals surface area contributed by atoms with Crippen LogP contribution in [-0.2, 0) is 48.5 Å². The Morgan fingerprint density at radius 2 is 1.69 bits per heavy atom. The number of para-hydroxylation sites is 1. The number of pyridine rings is 1. The lowest BCUT2D eigenvalue weighted by Crippen LogP contribution is -2.36. The number of hydrogen-bond acceptors (Lipinski definition) is 13. The molecule has 4 heterocycles. The molecule has 1 aliphatic carbocycles. The Balaban J connectivity index is 1.08. The van der Waals surface area contributed by atoms with Gasteiger partial charge in [-0.15, -0.1) is 0 Å². The number of carbonyl (C=O) groups excluding carboxylic acids is 3. The second-order valence-electron chi connectivity index (χ2n) is 16.5. The Bertz CT molecular complexity index is 2460. The average Bonchev–Trinajstić information content (AvgIpc) is 3.81. The molecule has 17 heteroatoms. The Labute approximate surface area is 360 Å². The first-order chi connectivity index (χ1) is 29.2. The summed E-state index contributed by atoms with van der Waals surface area (Å²) in [6.07, 6.45) is 8.27. The summed E-state index contributed by atoms with van der Waals surface area (Å²) in [6.45, 7) is 8.50. The molecule has 2 aromatic carbocycles. The number of carbonyl (C=O) groups is 3. The Hall–Kier alpha value is -5.23. The first kappa shape index (κ1) is 43.8. The molecule has 1 saturated carbocycles. The van der Waals surface area contributed by atoms with Gasteiger partial charge >= 0.3 is 5.97 Å². The molecule has 0 atom stereocenters. The second kappa shape index (κ2) is 19.2. The van der Waals surface area contributed by atoms with Crippen molar-refractivity contribution in [2.75, 3.05) is 48.9 Å². The van der Waals surface area contributed by atoms with E-state index < -0.39 is 33.3 Å². The number of amides is 2. The van der Waals surface area contributed by atoms with Gasteiger partial charge in [0.25, 0.3) is 11.8 Å². The van der Waals surface area contributed by atoms with E-state index in [0.717, 1.165) is 46.4 Å². The molecule has 0 radical (unpaired) electrons. The number of nitrogens with zero attached hydrogens (tertiary/aromatic N) is 5. The van der Waals surface area contributed by atoms with Crippen LogP contribution in [-0.4, -0.2) is 90.3 Å². The van der Waals surface area contributed by atoms with Crippen molar-refractivity contribution in [3.63, 3.8) is 0 Å². The van der Waals surface area contributed by atoms with Gasteiger partial charge in [-0.1, -0.05) is 54.9 Å². The summed E-state index contributed by atoms with van der Waals surface area (Å²) < 4.78 is 47.6. The van der Waals surface area contributed by atoms with Crippen LogP contribution in [0.5, 0.6) is 0 Å². The van der Waals surface area contributed by atoms with Gasteiger partial charge in [-0.05, 0) is 94.3 Å². The smallest absolute Gasteiger partial charge is 0.332 e. The van der Waals surface area contributed by atoms with Gasteiger partial charge in [-0.25, -0.2) is 27.9 Å².